The van der Waals surface area contributed by atoms with Gasteiger partial charge in [0.15, 0.2) is 0 Å². The molecule has 3 aromatic carbocycles. The van der Waals surface area contributed by atoms with E-state index in [0.29, 0.717) is 6.61 Å². The van der Waals surface area contributed by atoms with Gasteiger partial charge in [-0.15, -0.1) is 0 Å². The Hall–Kier alpha value is -4.40. The summed E-state index contributed by atoms with van der Waals surface area (Å²) in [6.45, 7) is 10.2. The van der Waals surface area contributed by atoms with E-state index in [-0.39, 0.29) is 26.4 Å². The van der Waals surface area contributed by atoms with Gasteiger partial charge in [-0.3, -0.25) is 4.90 Å². The SMILES string of the molecule is CC(C)(C)OC(=O)N1[C@@H](C#C[C@@H]2O[C@H](COCc3ccccc3)[C@H](OCc3ccccc3)[C@H](OCc3ccccc3)[C@H]2N=[N+]=[N-])COC1(C)C. The van der Waals surface area contributed by atoms with Crippen LogP contribution in [-0.4, -0.2) is 72.0 Å². The molecule has 0 unspecified atom stereocenters. The van der Waals surface area contributed by atoms with Crippen molar-refractivity contribution in [2.45, 2.75) is 102 Å². The molecular weight excluding hydrogens is 636 g/mol. The van der Waals surface area contributed by atoms with Crippen molar-refractivity contribution in [3.05, 3.63) is 118 Å². The summed E-state index contributed by atoms with van der Waals surface area (Å²) in [7, 11) is 0. The maximum Gasteiger partial charge on any atom is 0.413 e. The molecule has 2 fully saturated rings. The summed E-state index contributed by atoms with van der Waals surface area (Å²) < 4.78 is 37.6. The zero-order valence-corrected chi connectivity index (χ0v) is 29.3. The van der Waals surface area contributed by atoms with Gasteiger partial charge in [-0.25, -0.2) is 4.79 Å². The zero-order chi connectivity index (χ0) is 35.6. The number of nitrogens with zero attached hydrogens (tertiary/aromatic N) is 4. The van der Waals surface area contributed by atoms with Crippen molar-refractivity contribution in [2.24, 2.45) is 5.11 Å². The Bertz CT molecular complexity index is 1630. The van der Waals surface area contributed by atoms with E-state index >= 15 is 0 Å². The van der Waals surface area contributed by atoms with Gasteiger partial charge >= 0.3 is 6.09 Å². The van der Waals surface area contributed by atoms with Gasteiger partial charge in [-0.1, -0.05) is 108 Å². The van der Waals surface area contributed by atoms with Crippen molar-refractivity contribution in [1.82, 2.24) is 4.90 Å². The maximum absolute atomic E-state index is 13.3. The van der Waals surface area contributed by atoms with E-state index in [2.05, 4.69) is 21.9 Å². The topological polar surface area (TPSA) is 124 Å². The second-order valence-corrected chi connectivity index (χ2v) is 13.7. The van der Waals surface area contributed by atoms with E-state index in [9.17, 15) is 10.3 Å². The van der Waals surface area contributed by atoms with Gasteiger partial charge in [0.25, 0.3) is 0 Å². The van der Waals surface area contributed by atoms with Crippen LogP contribution in [0.2, 0.25) is 0 Å². The number of azide groups is 1. The lowest BCUT2D eigenvalue weighted by atomic mass is 9.92. The summed E-state index contributed by atoms with van der Waals surface area (Å²) in [4.78, 5) is 18.0. The largest absolute Gasteiger partial charge is 0.444 e. The van der Waals surface area contributed by atoms with Crippen LogP contribution in [0.15, 0.2) is 96.1 Å². The molecule has 0 spiro atoms. The average Bonchev–Trinajstić information content (AvgIpc) is 3.41. The first-order valence-corrected chi connectivity index (χ1v) is 16.8. The van der Waals surface area contributed by atoms with Crippen molar-refractivity contribution in [1.29, 1.82) is 0 Å². The van der Waals surface area contributed by atoms with Crippen LogP contribution in [-0.2, 0) is 48.2 Å². The highest BCUT2D eigenvalue weighted by Gasteiger charge is 2.48. The molecule has 2 aliphatic rings. The molecule has 0 aromatic heterocycles. The number of amides is 1. The van der Waals surface area contributed by atoms with Crippen molar-refractivity contribution in [2.75, 3.05) is 13.2 Å². The van der Waals surface area contributed by atoms with E-state index in [4.69, 9.17) is 28.4 Å². The van der Waals surface area contributed by atoms with Crippen LogP contribution in [0.25, 0.3) is 10.4 Å². The van der Waals surface area contributed by atoms with Gasteiger partial charge in [0.05, 0.1) is 39.1 Å². The Morgan fingerprint density at radius 3 is 1.96 bits per heavy atom. The summed E-state index contributed by atoms with van der Waals surface area (Å²) in [5, 5.41) is 4.17. The molecule has 0 bridgehead atoms. The predicted molar refractivity (Wildman–Crippen MR) is 187 cm³/mol. The minimum atomic E-state index is -0.954. The summed E-state index contributed by atoms with van der Waals surface area (Å²) in [6, 6.07) is 27.9. The predicted octanol–water partition coefficient (Wildman–Crippen LogP) is 7.20. The van der Waals surface area contributed by atoms with Crippen LogP contribution in [0, 0.1) is 11.8 Å². The third-order valence-corrected chi connectivity index (χ3v) is 8.28. The van der Waals surface area contributed by atoms with Crippen LogP contribution in [0.4, 0.5) is 4.79 Å². The Morgan fingerprint density at radius 1 is 0.880 bits per heavy atom. The summed E-state index contributed by atoms with van der Waals surface area (Å²) in [5.41, 5.74) is 11.0. The third kappa shape index (κ3) is 10.1. The molecule has 11 nitrogen and oxygen atoms in total. The first kappa shape index (κ1) is 36.9. The third-order valence-electron chi connectivity index (χ3n) is 8.28. The quantitative estimate of drug-likeness (QED) is 0.0907. The lowest BCUT2D eigenvalue weighted by molar-refractivity contribution is -0.217. The van der Waals surface area contributed by atoms with Crippen molar-refractivity contribution in [3.8, 4) is 11.8 Å². The van der Waals surface area contributed by atoms with E-state index in [1.54, 1.807) is 13.8 Å². The smallest absolute Gasteiger partial charge is 0.413 e. The Labute approximate surface area is 294 Å². The van der Waals surface area contributed by atoms with Crippen LogP contribution >= 0.6 is 0 Å². The molecule has 0 saturated carbocycles. The molecule has 2 aliphatic heterocycles. The maximum atomic E-state index is 13.3. The molecule has 0 radical (unpaired) electrons. The van der Waals surface area contributed by atoms with Gasteiger partial charge in [-0.05, 0) is 56.8 Å². The van der Waals surface area contributed by atoms with Crippen LogP contribution in [0.5, 0.6) is 0 Å². The number of rotatable bonds is 11. The first-order chi connectivity index (χ1) is 24.0. The molecule has 0 aliphatic carbocycles. The Morgan fingerprint density at radius 2 is 1.42 bits per heavy atom. The number of ether oxygens (including phenoxy) is 6. The van der Waals surface area contributed by atoms with Crippen molar-refractivity contribution in [3.63, 3.8) is 0 Å². The van der Waals surface area contributed by atoms with Crippen molar-refractivity contribution < 1.29 is 33.2 Å². The lowest BCUT2D eigenvalue weighted by Crippen LogP contribution is -2.59. The minimum absolute atomic E-state index is 0.157. The Kier molecular flexibility index (Phi) is 12.5. The minimum Gasteiger partial charge on any atom is -0.444 e. The highest BCUT2D eigenvalue weighted by Crippen LogP contribution is 2.32. The fraction of sp³-hybridized carbons (Fsp3) is 0.462. The first-order valence-electron chi connectivity index (χ1n) is 16.8. The van der Waals surface area contributed by atoms with E-state index in [1.165, 1.54) is 4.90 Å². The summed E-state index contributed by atoms with van der Waals surface area (Å²) >= 11 is 0. The number of benzene rings is 3. The summed E-state index contributed by atoms with van der Waals surface area (Å²) in [6.07, 6.45) is -3.55. The summed E-state index contributed by atoms with van der Waals surface area (Å²) in [5.74, 6) is 6.37. The molecule has 3 aromatic rings. The van der Waals surface area contributed by atoms with Crippen LogP contribution in [0.1, 0.15) is 51.3 Å². The second-order valence-electron chi connectivity index (χ2n) is 13.7. The normalized spacial score (nSPS) is 24.5. The molecule has 2 heterocycles. The van der Waals surface area contributed by atoms with E-state index in [0.717, 1.165) is 16.7 Å². The fourth-order valence-corrected chi connectivity index (χ4v) is 5.90. The van der Waals surface area contributed by atoms with Crippen LogP contribution < -0.4 is 0 Å². The van der Waals surface area contributed by atoms with Gasteiger partial charge in [0, 0.05) is 4.91 Å². The van der Waals surface area contributed by atoms with Gasteiger partial charge in [0.2, 0.25) is 0 Å². The molecule has 0 N–H and O–H groups in total. The molecule has 2 saturated heterocycles. The monoisotopic (exact) mass is 682 g/mol. The standard InChI is InChI=1S/C39H46N4O7/c1-38(2,3)50-37(44)43-31(26-48-39(43,4)5)21-22-32-34(41-42-40)36(47-25-30-19-13-8-14-20-30)35(46-24-29-17-11-7-12-18-29)33(49-32)27-45-23-28-15-9-6-10-16-28/h6-20,31-36H,23-27H2,1-5H3/t31-,32-,33+,34-,35-,36+/m0/s1. The highest BCUT2D eigenvalue weighted by molar-refractivity contribution is 5.70. The number of hydrogen-bond acceptors (Lipinski definition) is 8. The van der Waals surface area contributed by atoms with Gasteiger partial charge in [-0.2, -0.15) is 0 Å². The number of hydrogen-bond donors (Lipinski definition) is 0. The highest BCUT2D eigenvalue weighted by atomic mass is 16.6. The second kappa shape index (κ2) is 17.0. The molecule has 50 heavy (non-hydrogen) atoms. The molecule has 1 amide bonds. The van der Waals surface area contributed by atoms with Gasteiger partial charge < -0.3 is 28.4 Å². The average molecular weight is 683 g/mol. The lowest BCUT2D eigenvalue weighted by Gasteiger charge is -2.43. The van der Waals surface area contributed by atoms with Crippen molar-refractivity contribution >= 4 is 6.09 Å². The molecule has 5 rings (SSSR count). The molecular formula is C39H46N4O7. The molecule has 6 atom stereocenters. The van der Waals surface area contributed by atoms with E-state index in [1.807, 2.05) is 112 Å². The fourth-order valence-electron chi connectivity index (χ4n) is 5.90. The number of carbonyl (C=O) groups is 1. The van der Waals surface area contributed by atoms with Crippen LogP contribution in [0.3, 0.4) is 0 Å². The van der Waals surface area contributed by atoms with Gasteiger partial charge in [0.1, 0.15) is 41.7 Å². The zero-order valence-electron chi connectivity index (χ0n) is 29.3. The van der Waals surface area contributed by atoms with E-state index < -0.39 is 53.9 Å². The molecule has 11 heteroatoms. The molecule has 264 valence electrons. The number of carbonyl (C=O) groups excluding carboxylic acids is 1. The Balaban J connectivity index is 1.47.